The van der Waals surface area contributed by atoms with Crippen molar-refractivity contribution in [2.45, 2.75) is 6.29 Å². The lowest BCUT2D eigenvalue weighted by Crippen LogP contribution is -2.45. The molecule has 0 radical (unpaired) electrons. The van der Waals surface area contributed by atoms with Gasteiger partial charge in [0.2, 0.25) is 6.29 Å². The highest BCUT2D eigenvalue weighted by Gasteiger charge is 2.16. The molecule has 1 atom stereocenters. The van der Waals surface area contributed by atoms with Crippen LogP contribution < -0.4 is 5.32 Å². The molecule has 1 heterocycles. The highest BCUT2D eigenvalue weighted by atomic mass is 15.7. The lowest BCUT2D eigenvalue weighted by molar-refractivity contribution is 0.0486. The molecular formula is C12H16N4. The summed E-state index contributed by atoms with van der Waals surface area (Å²) in [5.41, 5.74) is 1.06. The molecule has 0 bridgehead atoms. The fourth-order valence-corrected chi connectivity index (χ4v) is 1.55. The molecule has 1 N–H and O–H groups in total. The van der Waals surface area contributed by atoms with E-state index >= 15 is 0 Å². The number of aliphatic imine (C=N–C) groups is 1. The molecule has 1 aliphatic heterocycles. The minimum Gasteiger partial charge on any atom is -0.346 e. The molecule has 84 valence electrons. The van der Waals surface area contributed by atoms with Crippen LogP contribution in [0, 0.1) is 0 Å². The van der Waals surface area contributed by atoms with Gasteiger partial charge in [-0.25, -0.2) is 10.0 Å². The average Bonchev–Trinajstić information content (AvgIpc) is 2.31. The van der Waals surface area contributed by atoms with Gasteiger partial charge in [0.15, 0.2) is 0 Å². The Morgan fingerprint density at radius 1 is 1.25 bits per heavy atom. The van der Waals surface area contributed by atoms with Crippen LogP contribution in [-0.2, 0) is 0 Å². The largest absolute Gasteiger partial charge is 0.346 e. The first kappa shape index (κ1) is 10.7. The molecule has 0 saturated carbocycles. The molecular weight excluding hydrogens is 200 g/mol. The fourth-order valence-electron chi connectivity index (χ4n) is 1.55. The Morgan fingerprint density at radius 3 is 2.69 bits per heavy atom. The summed E-state index contributed by atoms with van der Waals surface area (Å²) in [6, 6.07) is 10.1. The molecule has 0 saturated heterocycles. The van der Waals surface area contributed by atoms with Crippen LogP contribution in [0.3, 0.4) is 0 Å². The summed E-state index contributed by atoms with van der Waals surface area (Å²) in [5, 5.41) is 7.36. The van der Waals surface area contributed by atoms with E-state index in [0.29, 0.717) is 0 Å². The maximum Gasteiger partial charge on any atom is 0.209 e. The van der Waals surface area contributed by atoms with Crippen molar-refractivity contribution in [3.05, 3.63) is 42.6 Å². The van der Waals surface area contributed by atoms with Gasteiger partial charge in [0, 0.05) is 32.2 Å². The molecule has 2 rings (SSSR count). The SMILES string of the molecule is CN(C)N1C=CC=NC1Nc1ccccc1. The molecule has 16 heavy (non-hydrogen) atoms. The molecule has 1 unspecified atom stereocenters. The van der Waals surface area contributed by atoms with Gasteiger partial charge in [0.25, 0.3) is 0 Å². The monoisotopic (exact) mass is 216 g/mol. The number of anilines is 1. The minimum absolute atomic E-state index is 0.0811. The lowest BCUT2D eigenvalue weighted by Gasteiger charge is -2.35. The third kappa shape index (κ3) is 2.41. The second-order valence-electron chi connectivity index (χ2n) is 3.75. The highest BCUT2D eigenvalue weighted by molar-refractivity contribution is 5.72. The van der Waals surface area contributed by atoms with Crippen molar-refractivity contribution in [1.82, 2.24) is 10.0 Å². The Hall–Kier alpha value is -1.81. The van der Waals surface area contributed by atoms with Gasteiger partial charge in [-0.2, -0.15) is 0 Å². The quantitative estimate of drug-likeness (QED) is 0.835. The number of allylic oxidation sites excluding steroid dienone is 1. The molecule has 1 aromatic rings. The predicted molar refractivity (Wildman–Crippen MR) is 67.0 cm³/mol. The summed E-state index contributed by atoms with van der Waals surface area (Å²) < 4.78 is 0. The Kier molecular flexibility index (Phi) is 3.22. The molecule has 0 amide bonds. The number of nitrogens with zero attached hydrogens (tertiary/aromatic N) is 3. The zero-order valence-corrected chi connectivity index (χ0v) is 9.54. The first-order valence-corrected chi connectivity index (χ1v) is 5.24. The topological polar surface area (TPSA) is 30.9 Å². The standard InChI is InChI=1S/C12H16N4/c1-15(2)16-10-6-9-13-12(16)14-11-7-4-3-5-8-11/h3-10,12,14H,1-2H3. The number of benzene rings is 1. The van der Waals surface area contributed by atoms with Crippen molar-refractivity contribution < 1.29 is 0 Å². The van der Waals surface area contributed by atoms with E-state index in [1.54, 1.807) is 6.21 Å². The number of rotatable bonds is 3. The van der Waals surface area contributed by atoms with Crippen LogP contribution in [0.2, 0.25) is 0 Å². The molecule has 4 heteroatoms. The van der Waals surface area contributed by atoms with E-state index in [4.69, 9.17) is 0 Å². The van der Waals surface area contributed by atoms with Gasteiger partial charge < -0.3 is 5.32 Å². The number of para-hydroxylation sites is 1. The molecule has 0 spiro atoms. The highest BCUT2D eigenvalue weighted by Crippen LogP contribution is 2.13. The van der Waals surface area contributed by atoms with Crippen LogP contribution in [0.15, 0.2) is 47.6 Å². The van der Waals surface area contributed by atoms with E-state index in [9.17, 15) is 0 Å². The van der Waals surface area contributed by atoms with Gasteiger partial charge in [-0.1, -0.05) is 18.2 Å². The van der Waals surface area contributed by atoms with Gasteiger partial charge in [-0.05, 0) is 18.2 Å². The van der Waals surface area contributed by atoms with E-state index in [-0.39, 0.29) is 6.29 Å². The van der Waals surface area contributed by atoms with Crippen LogP contribution >= 0.6 is 0 Å². The van der Waals surface area contributed by atoms with Crippen molar-refractivity contribution in [3.8, 4) is 0 Å². The minimum atomic E-state index is -0.0811. The Labute approximate surface area is 95.9 Å². The average molecular weight is 216 g/mol. The second kappa shape index (κ2) is 4.81. The van der Waals surface area contributed by atoms with E-state index in [0.717, 1.165) is 5.69 Å². The maximum absolute atomic E-state index is 4.39. The first-order chi connectivity index (χ1) is 7.77. The summed E-state index contributed by atoms with van der Waals surface area (Å²) in [6.45, 7) is 0. The molecule has 1 aliphatic rings. The lowest BCUT2D eigenvalue weighted by atomic mass is 10.3. The van der Waals surface area contributed by atoms with Gasteiger partial charge in [0.05, 0.1) is 0 Å². The van der Waals surface area contributed by atoms with E-state index < -0.39 is 0 Å². The maximum atomic E-state index is 4.39. The van der Waals surface area contributed by atoms with Gasteiger partial charge in [0.1, 0.15) is 0 Å². The zero-order chi connectivity index (χ0) is 11.4. The van der Waals surface area contributed by atoms with E-state index in [1.807, 2.05) is 66.7 Å². The molecule has 4 nitrogen and oxygen atoms in total. The van der Waals surface area contributed by atoms with E-state index in [2.05, 4.69) is 10.3 Å². The fraction of sp³-hybridized carbons (Fsp3) is 0.250. The molecule has 0 aromatic heterocycles. The third-order valence-electron chi connectivity index (χ3n) is 2.33. The number of nitrogens with one attached hydrogen (secondary N) is 1. The van der Waals surface area contributed by atoms with Gasteiger partial charge in [-0.15, -0.1) is 0 Å². The zero-order valence-electron chi connectivity index (χ0n) is 9.54. The predicted octanol–water partition coefficient (Wildman–Crippen LogP) is 1.76. The molecule has 1 aromatic carbocycles. The second-order valence-corrected chi connectivity index (χ2v) is 3.75. The summed E-state index contributed by atoms with van der Waals surface area (Å²) in [7, 11) is 3.98. The number of hydrazine groups is 1. The van der Waals surface area contributed by atoms with Crippen molar-refractivity contribution >= 4 is 11.9 Å². The summed E-state index contributed by atoms with van der Waals surface area (Å²) in [5.74, 6) is 0. The van der Waals surface area contributed by atoms with Gasteiger partial charge >= 0.3 is 0 Å². The van der Waals surface area contributed by atoms with Crippen molar-refractivity contribution in [2.75, 3.05) is 19.4 Å². The Balaban J connectivity index is 2.09. The number of hydrogen-bond acceptors (Lipinski definition) is 4. The Morgan fingerprint density at radius 2 is 2.00 bits per heavy atom. The number of hydrogen-bond donors (Lipinski definition) is 1. The summed E-state index contributed by atoms with van der Waals surface area (Å²) in [4.78, 5) is 4.39. The smallest absolute Gasteiger partial charge is 0.209 e. The molecule has 0 fully saturated rings. The van der Waals surface area contributed by atoms with Crippen molar-refractivity contribution in [3.63, 3.8) is 0 Å². The van der Waals surface area contributed by atoms with Crippen molar-refractivity contribution in [2.24, 2.45) is 4.99 Å². The summed E-state index contributed by atoms with van der Waals surface area (Å²) >= 11 is 0. The molecule has 0 aliphatic carbocycles. The third-order valence-corrected chi connectivity index (χ3v) is 2.33. The van der Waals surface area contributed by atoms with Crippen LogP contribution in [0.5, 0.6) is 0 Å². The first-order valence-electron chi connectivity index (χ1n) is 5.24. The van der Waals surface area contributed by atoms with Gasteiger partial charge in [-0.3, -0.25) is 5.01 Å². The summed E-state index contributed by atoms with van der Waals surface area (Å²) in [6.07, 6.45) is 5.64. The Bertz CT molecular complexity index is 383. The van der Waals surface area contributed by atoms with Crippen molar-refractivity contribution in [1.29, 1.82) is 0 Å². The normalized spacial score (nSPS) is 19.2. The van der Waals surface area contributed by atoms with E-state index in [1.165, 1.54) is 0 Å². The van der Waals surface area contributed by atoms with Crippen LogP contribution in [0.1, 0.15) is 0 Å². The van der Waals surface area contributed by atoms with Crippen LogP contribution in [-0.4, -0.2) is 36.6 Å². The van der Waals surface area contributed by atoms with Crippen LogP contribution in [0.4, 0.5) is 5.69 Å². The van der Waals surface area contributed by atoms with Crippen LogP contribution in [0.25, 0.3) is 0 Å².